The van der Waals surface area contributed by atoms with E-state index < -0.39 is 5.97 Å². The van der Waals surface area contributed by atoms with Gasteiger partial charge >= 0.3 is 5.97 Å². The molecule has 0 aromatic carbocycles. The molecule has 2 fully saturated rings. The van der Waals surface area contributed by atoms with Crippen molar-refractivity contribution in [2.75, 3.05) is 43.4 Å². The van der Waals surface area contributed by atoms with E-state index in [1.165, 1.54) is 25.5 Å². The van der Waals surface area contributed by atoms with Crippen LogP contribution in [-0.2, 0) is 0 Å². The van der Waals surface area contributed by atoms with Gasteiger partial charge in [0.2, 0.25) is 0 Å². The number of carbonyl (C=O) groups is 1. The summed E-state index contributed by atoms with van der Waals surface area (Å²) in [7, 11) is 0. The monoisotopic (exact) mass is 276 g/mol. The number of rotatable bonds is 4. The molecule has 6 nitrogen and oxygen atoms in total. The molecule has 20 heavy (non-hydrogen) atoms. The largest absolute Gasteiger partial charge is 0.477 e. The number of anilines is 2. The van der Waals surface area contributed by atoms with Gasteiger partial charge in [0, 0.05) is 32.7 Å². The molecule has 108 valence electrons. The zero-order valence-corrected chi connectivity index (χ0v) is 11.5. The lowest BCUT2D eigenvalue weighted by Gasteiger charge is -2.36. The predicted molar refractivity (Wildman–Crippen MR) is 77.0 cm³/mol. The SMILES string of the molecule is Nc1ccc(C(=O)O)nc1N1CCN(CC2CC2)CC1. The van der Waals surface area contributed by atoms with Gasteiger partial charge in [-0.25, -0.2) is 9.78 Å². The number of aromatic nitrogens is 1. The van der Waals surface area contributed by atoms with Crippen molar-refractivity contribution in [1.29, 1.82) is 0 Å². The summed E-state index contributed by atoms with van der Waals surface area (Å²) in [5, 5.41) is 9.02. The Labute approximate surface area is 118 Å². The van der Waals surface area contributed by atoms with Gasteiger partial charge in [0.1, 0.15) is 0 Å². The van der Waals surface area contributed by atoms with Gasteiger partial charge in [0.15, 0.2) is 11.5 Å². The topological polar surface area (TPSA) is 82.7 Å². The molecule has 0 bridgehead atoms. The Balaban J connectivity index is 1.67. The van der Waals surface area contributed by atoms with Gasteiger partial charge in [-0.1, -0.05) is 0 Å². The zero-order valence-electron chi connectivity index (χ0n) is 11.5. The van der Waals surface area contributed by atoms with Gasteiger partial charge in [-0.3, -0.25) is 4.90 Å². The van der Waals surface area contributed by atoms with Crippen LogP contribution in [0, 0.1) is 5.92 Å². The number of hydrogen-bond donors (Lipinski definition) is 2. The van der Waals surface area contributed by atoms with Gasteiger partial charge in [0.05, 0.1) is 5.69 Å². The Morgan fingerprint density at radius 2 is 2.00 bits per heavy atom. The molecule has 1 aromatic rings. The van der Waals surface area contributed by atoms with Crippen LogP contribution in [0.3, 0.4) is 0 Å². The first kappa shape index (κ1) is 13.2. The maximum absolute atomic E-state index is 11.0. The maximum atomic E-state index is 11.0. The summed E-state index contributed by atoms with van der Waals surface area (Å²) in [4.78, 5) is 19.7. The van der Waals surface area contributed by atoms with Crippen LogP contribution in [0.25, 0.3) is 0 Å². The smallest absolute Gasteiger partial charge is 0.354 e. The summed E-state index contributed by atoms with van der Waals surface area (Å²) >= 11 is 0. The molecule has 0 amide bonds. The quantitative estimate of drug-likeness (QED) is 0.850. The molecule has 1 aromatic heterocycles. The molecule has 3 rings (SSSR count). The van der Waals surface area contributed by atoms with Crippen molar-refractivity contribution in [3.63, 3.8) is 0 Å². The van der Waals surface area contributed by atoms with Crippen molar-refractivity contribution in [1.82, 2.24) is 9.88 Å². The third-order valence-electron chi connectivity index (χ3n) is 4.01. The molecule has 1 saturated carbocycles. The number of nitrogen functional groups attached to an aromatic ring is 1. The van der Waals surface area contributed by atoms with Crippen LogP contribution in [0.2, 0.25) is 0 Å². The summed E-state index contributed by atoms with van der Waals surface area (Å²) in [6.45, 7) is 4.90. The van der Waals surface area contributed by atoms with E-state index in [0.717, 1.165) is 32.1 Å². The Morgan fingerprint density at radius 3 is 2.60 bits per heavy atom. The van der Waals surface area contributed by atoms with Crippen molar-refractivity contribution in [2.24, 2.45) is 5.92 Å². The van der Waals surface area contributed by atoms with Crippen molar-refractivity contribution in [3.05, 3.63) is 17.8 Å². The molecule has 0 radical (unpaired) electrons. The zero-order chi connectivity index (χ0) is 14.1. The summed E-state index contributed by atoms with van der Waals surface area (Å²) in [5.74, 6) is 0.495. The van der Waals surface area contributed by atoms with Gasteiger partial charge in [-0.2, -0.15) is 0 Å². The molecule has 0 spiro atoms. The fraction of sp³-hybridized carbons (Fsp3) is 0.571. The van der Waals surface area contributed by atoms with Crippen molar-refractivity contribution >= 4 is 17.5 Å². The average molecular weight is 276 g/mol. The number of piperazine rings is 1. The van der Waals surface area contributed by atoms with Gasteiger partial charge in [-0.05, 0) is 30.9 Å². The minimum Gasteiger partial charge on any atom is -0.477 e. The second-order valence-electron chi connectivity index (χ2n) is 5.65. The first-order chi connectivity index (χ1) is 9.63. The molecule has 1 aliphatic carbocycles. The average Bonchev–Trinajstić information content (AvgIpc) is 3.24. The van der Waals surface area contributed by atoms with Gasteiger partial charge in [-0.15, -0.1) is 0 Å². The van der Waals surface area contributed by atoms with Crippen LogP contribution in [0.4, 0.5) is 11.5 Å². The van der Waals surface area contributed by atoms with Crippen LogP contribution in [0.15, 0.2) is 12.1 Å². The van der Waals surface area contributed by atoms with Crippen LogP contribution in [0.5, 0.6) is 0 Å². The second kappa shape index (κ2) is 5.28. The summed E-state index contributed by atoms with van der Waals surface area (Å²) in [5.41, 5.74) is 6.53. The van der Waals surface area contributed by atoms with Crippen LogP contribution < -0.4 is 10.6 Å². The molecular formula is C14H20N4O2. The third-order valence-corrected chi connectivity index (χ3v) is 4.01. The molecule has 0 atom stereocenters. The standard InChI is InChI=1S/C14H20N4O2/c15-11-3-4-12(14(19)20)16-13(11)18-7-5-17(6-8-18)9-10-1-2-10/h3-4,10H,1-2,5-9,15H2,(H,19,20). The highest BCUT2D eigenvalue weighted by Gasteiger charge is 2.27. The normalized spacial score (nSPS) is 20.1. The highest BCUT2D eigenvalue weighted by molar-refractivity contribution is 5.87. The Morgan fingerprint density at radius 1 is 1.30 bits per heavy atom. The minimum atomic E-state index is -1.02. The molecular weight excluding hydrogens is 256 g/mol. The molecule has 2 heterocycles. The van der Waals surface area contributed by atoms with Crippen LogP contribution in [0.1, 0.15) is 23.3 Å². The minimum absolute atomic E-state index is 0.0506. The number of nitrogens with two attached hydrogens (primary N) is 1. The van der Waals surface area contributed by atoms with E-state index >= 15 is 0 Å². The van der Waals surface area contributed by atoms with E-state index in [4.69, 9.17) is 10.8 Å². The number of nitrogens with zero attached hydrogens (tertiary/aromatic N) is 3. The molecule has 0 unspecified atom stereocenters. The van der Waals surface area contributed by atoms with E-state index in [1.807, 2.05) is 0 Å². The number of hydrogen-bond acceptors (Lipinski definition) is 5. The highest BCUT2D eigenvalue weighted by Crippen LogP contribution is 2.30. The lowest BCUT2D eigenvalue weighted by molar-refractivity contribution is 0.0690. The first-order valence-corrected chi connectivity index (χ1v) is 7.10. The molecule has 6 heteroatoms. The first-order valence-electron chi connectivity index (χ1n) is 7.10. The Hall–Kier alpha value is -1.82. The lowest BCUT2D eigenvalue weighted by Crippen LogP contribution is -2.47. The highest BCUT2D eigenvalue weighted by atomic mass is 16.4. The summed E-state index contributed by atoms with van der Waals surface area (Å²) in [6.07, 6.45) is 2.74. The van der Waals surface area contributed by atoms with E-state index in [1.54, 1.807) is 6.07 Å². The number of pyridine rings is 1. The van der Waals surface area contributed by atoms with Crippen molar-refractivity contribution in [3.8, 4) is 0 Å². The van der Waals surface area contributed by atoms with E-state index in [-0.39, 0.29) is 5.69 Å². The second-order valence-corrected chi connectivity index (χ2v) is 5.65. The summed E-state index contributed by atoms with van der Waals surface area (Å²) in [6, 6.07) is 3.08. The molecule has 1 aliphatic heterocycles. The number of carboxylic acids is 1. The lowest BCUT2D eigenvalue weighted by atomic mass is 10.2. The van der Waals surface area contributed by atoms with Crippen LogP contribution in [-0.4, -0.2) is 53.7 Å². The maximum Gasteiger partial charge on any atom is 0.354 e. The molecule has 1 saturated heterocycles. The fourth-order valence-electron chi connectivity index (χ4n) is 2.64. The fourth-order valence-corrected chi connectivity index (χ4v) is 2.64. The third kappa shape index (κ3) is 2.85. The van der Waals surface area contributed by atoms with Gasteiger partial charge in [0.25, 0.3) is 0 Å². The van der Waals surface area contributed by atoms with E-state index in [9.17, 15) is 4.79 Å². The molecule has 3 N–H and O–H groups in total. The Kier molecular flexibility index (Phi) is 3.48. The van der Waals surface area contributed by atoms with Crippen molar-refractivity contribution in [2.45, 2.75) is 12.8 Å². The number of aromatic carboxylic acids is 1. The summed E-state index contributed by atoms with van der Waals surface area (Å²) < 4.78 is 0. The Bertz CT molecular complexity index is 508. The number of carboxylic acid groups (broad SMARTS) is 1. The van der Waals surface area contributed by atoms with E-state index in [2.05, 4.69) is 14.8 Å². The predicted octanol–water partition coefficient (Wildman–Crippen LogP) is 0.894. The van der Waals surface area contributed by atoms with Gasteiger partial charge < -0.3 is 15.7 Å². The molecule has 2 aliphatic rings. The van der Waals surface area contributed by atoms with E-state index in [0.29, 0.717) is 11.5 Å². The van der Waals surface area contributed by atoms with Crippen LogP contribution >= 0.6 is 0 Å². The van der Waals surface area contributed by atoms with Crippen molar-refractivity contribution < 1.29 is 9.90 Å².